The van der Waals surface area contributed by atoms with Crippen LogP contribution in [0.3, 0.4) is 0 Å². The zero-order valence-electron chi connectivity index (χ0n) is 24.8. The van der Waals surface area contributed by atoms with Crippen molar-refractivity contribution in [3.8, 4) is 17.0 Å². The van der Waals surface area contributed by atoms with Gasteiger partial charge in [-0.1, -0.05) is 36.4 Å². The molecule has 4 aromatic rings. The number of rotatable bonds is 16. The number of unbranched alkanes of at least 4 members (excludes halogenated alkanes) is 1. The van der Waals surface area contributed by atoms with E-state index in [0.29, 0.717) is 37.7 Å². The number of nitrogens with one attached hydrogen (secondary N) is 2. The van der Waals surface area contributed by atoms with Gasteiger partial charge in [-0.2, -0.15) is 0 Å². The van der Waals surface area contributed by atoms with Gasteiger partial charge in [-0.15, -0.1) is 0 Å². The summed E-state index contributed by atoms with van der Waals surface area (Å²) in [4.78, 5) is 27.9. The van der Waals surface area contributed by atoms with E-state index < -0.39 is 12.0 Å². The van der Waals surface area contributed by atoms with Crippen LogP contribution in [0, 0.1) is 5.82 Å². The Labute approximate surface area is 257 Å². The van der Waals surface area contributed by atoms with Crippen LogP contribution in [0.2, 0.25) is 0 Å². The molecule has 0 radical (unpaired) electrons. The fourth-order valence-corrected chi connectivity index (χ4v) is 5.26. The molecule has 0 aliphatic carbocycles. The minimum atomic E-state index is -0.945. The molecule has 44 heavy (non-hydrogen) atoms. The van der Waals surface area contributed by atoms with E-state index in [1.807, 2.05) is 30.3 Å². The molecule has 1 aliphatic rings. The number of aliphatic carboxylic acids is 1. The van der Waals surface area contributed by atoms with Crippen LogP contribution >= 0.6 is 0 Å². The topological polar surface area (TPSA) is 112 Å². The van der Waals surface area contributed by atoms with E-state index in [4.69, 9.17) is 9.72 Å². The number of hydrogen-bond acceptors (Lipinski definition) is 8. The number of pyridine rings is 1. The molecule has 9 nitrogen and oxygen atoms in total. The first kappa shape index (κ1) is 30.9. The van der Waals surface area contributed by atoms with Crippen LogP contribution in [-0.2, 0) is 17.6 Å². The maximum Gasteiger partial charge on any atom is 0.326 e. The standard InChI is InChI=1S/C34H39FN6O3/c35-27-12-15-29(16-13-27)44-22-21-41(19-5-4-10-28-14-11-26-9-6-18-36-33(26)39-28)20-17-30(34(42)43)40-32-23-31(37-24-38-32)25-7-2-1-3-8-25/h1-3,7-8,11-16,23-24,30H,4-6,9-10,17-22H2,(H,36,39)(H,42,43)(H,37,38,40)/t30-/m0/s1. The fourth-order valence-electron chi connectivity index (χ4n) is 5.26. The highest BCUT2D eigenvalue weighted by Crippen LogP contribution is 2.21. The summed E-state index contributed by atoms with van der Waals surface area (Å²) in [6.07, 6.45) is 6.80. The van der Waals surface area contributed by atoms with Crippen LogP contribution in [-0.4, -0.2) is 69.8 Å². The summed E-state index contributed by atoms with van der Waals surface area (Å²) in [6, 6.07) is 20.9. The van der Waals surface area contributed by atoms with Gasteiger partial charge in [0.2, 0.25) is 0 Å². The van der Waals surface area contributed by atoms with Gasteiger partial charge in [0, 0.05) is 37.0 Å². The second-order valence-corrected chi connectivity index (χ2v) is 10.9. The molecule has 2 aromatic carbocycles. The summed E-state index contributed by atoms with van der Waals surface area (Å²) in [5.74, 6) is 0.820. The van der Waals surface area contributed by atoms with Crippen LogP contribution < -0.4 is 15.4 Å². The first-order chi connectivity index (χ1) is 21.5. The molecule has 1 atom stereocenters. The zero-order valence-corrected chi connectivity index (χ0v) is 24.8. The monoisotopic (exact) mass is 598 g/mol. The quantitative estimate of drug-likeness (QED) is 0.140. The summed E-state index contributed by atoms with van der Waals surface area (Å²) >= 11 is 0. The number of ether oxygens (including phenoxy) is 1. The second kappa shape index (κ2) is 15.8. The number of aromatic nitrogens is 3. The summed E-state index contributed by atoms with van der Waals surface area (Å²) < 4.78 is 19.1. The number of anilines is 2. The van der Waals surface area contributed by atoms with Gasteiger partial charge in [-0.3, -0.25) is 4.90 Å². The third-order valence-corrected chi connectivity index (χ3v) is 7.69. The van der Waals surface area contributed by atoms with Crippen LogP contribution in [0.5, 0.6) is 5.75 Å². The van der Waals surface area contributed by atoms with Gasteiger partial charge in [0.05, 0.1) is 5.69 Å². The number of carbonyl (C=O) groups is 1. The molecule has 230 valence electrons. The van der Waals surface area contributed by atoms with Crippen molar-refractivity contribution in [1.29, 1.82) is 0 Å². The van der Waals surface area contributed by atoms with Gasteiger partial charge in [0.15, 0.2) is 0 Å². The highest BCUT2D eigenvalue weighted by molar-refractivity contribution is 5.77. The number of carboxylic acid groups (broad SMARTS) is 1. The minimum Gasteiger partial charge on any atom is -0.492 e. The summed E-state index contributed by atoms with van der Waals surface area (Å²) in [6.45, 7) is 3.32. The Bertz CT molecular complexity index is 1490. The highest BCUT2D eigenvalue weighted by Gasteiger charge is 2.20. The van der Waals surface area contributed by atoms with E-state index in [-0.39, 0.29) is 5.82 Å². The predicted octanol–water partition coefficient (Wildman–Crippen LogP) is 5.69. The Morgan fingerprint density at radius 1 is 1.02 bits per heavy atom. The Kier molecular flexibility index (Phi) is 11.1. The molecule has 0 unspecified atom stereocenters. The lowest BCUT2D eigenvalue weighted by molar-refractivity contribution is -0.138. The number of fused-ring (bicyclic) bond motifs is 1. The Morgan fingerprint density at radius 3 is 2.68 bits per heavy atom. The molecular weight excluding hydrogens is 559 g/mol. The molecule has 0 fully saturated rings. The molecule has 0 saturated carbocycles. The van der Waals surface area contributed by atoms with Crippen LogP contribution in [0.4, 0.5) is 16.0 Å². The SMILES string of the molecule is O=C(O)[C@H](CCN(CCCCc1ccc2c(n1)NCCC2)CCOc1ccc(F)cc1)Nc1cc(-c2ccccc2)ncn1. The summed E-state index contributed by atoms with van der Waals surface area (Å²) in [5.41, 5.74) is 4.02. The van der Waals surface area contributed by atoms with Crippen molar-refractivity contribution >= 4 is 17.6 Å². The number of benzene rings is 2. The minimum absolute atomic E-state index is 0.310. The van der Waals surface area contributed by atoms with Crippen molar-refractivity contribution in [1.82, 2.24) is 19.9 Å². The van der Waals surface area contributed by atoms with Crippen molar-refractivity contribution in [3.63, 3.8) is 0 Å². The first-order valence-corrected chi connectivity index (χ1v) is 15.2. The summed E-state index contributed by atoms with van der Waals surface area (Å²) in [7, 11) is 0. The van der Waals surface area contributed by atoms with E-state index in [1.54, 1.807) is 18.2 Å². The van der Waals surface area contributed by atoms with Crippen molar-refractivity contribution in [2.24, 2.45) is 0 Å². The van der Waals surface area contributed by atoms with Crippen molar-refractivity contribution < 1.29 is 19.0 Å². The third kappa shape index (κ3) is 9.21. The van der Waals surface area contributed by atoms with E-state index in [0.717, 1.165) is 68.0 Å². The molecule has 10 heteroatoms. The van der Waals surface area contributed by atoms with Gasteiger partial charge < -0.3 is 20.5 Å². The van der Waals surface area contributed by atoms with Gasteiger partial charge in [-0.05, 0) is 81.0 Å². The maximum atomic E-state index is 13.3. The van der Waals surface area contributed by atoms with E-state index in [2.05, 4.69) is 37.6 Å². The van der Waals surface area contributed by atoms with Crippen LogP contribution in [0.15, 0.2) is 79.1 Å². The second-order valence-electron chi connectivity index (χ2n) is 10.9. The van der Waals surface area contributed by atoms with Gasteiger partial charge in [0.1, 0.15) is 42.2 Å². The number of halogens is 1. The molecule has 2 aromatic heterocycles. The number of nitrogens with zero attached hydrogens (tertiary/aromatic N) is 4. The molecule has 0 spiro atoms. The van der Waals surface area contributed by atoms with E-state index >= 15 is 0 Å². The van der Waals surface area contributed by atoms with Gasteiger partial charge >= 0.3 is 5.97 Å². The zero-order chi connectivity index (χ0) is 30.6. The van der Waals surface area contributed by atoms with Gasteiger partial charge in [0.25, 0.3) is 0 Å². The van der Waals surface area contributed by atoms with Crippen LogP contribution in [0.1, 0.15) is 36.9 Å². The molecule has 3 heterocycles. The molecular formula is C34H39FN6O3. The van der Waals surface area contributed by atoms with Crippen molar-refractivity contribution in [2.45, 2.75) is 44.6 Å². The maximum absolute atomic E-state index is 13.3. The van der Waals surface area contributed by atoms with Gasteiger partial charge in [-0.25, -0.2) is 24.1 Å². The third-order valence-electron chi connectivity index (χ3n) is 7.69. The summed E-state index contributed by atoms with van der Waals surface area (Å²) in [5, 5.41) is 16.5. The lowest BCUT2D eigenvalue weighted by atomic mass is 10.1. The van der Waals surface area contributed by atoms with E-state index in [9.17, 15) is 14.3 Å². The normalized spacial score (nSPS) is 13.1. The number of aryl methyl sites for hydroxylation is 2. The number of hydrogen-bond donors (Lipinski definition) is 3. The molecule has 5 rings (SSSR count). The molecule has 0 amide bonds. The average molecular weight is 599 g/mol. The molecule has 0 bridgehead atoms. The fraction of sp³-hybridized carbons (Fsp3) is 0.353. The first-order valence-electron chi connectivity index (χ1n) is 15.2. The Balaban J connectivity index is 1.17. The molecule has 3 N–H and O–H groups in total. The smallest absolute Gasteiger partial charge is 0.326 e. The average Bonchev–Trinajstić information content (AvgIpc) is 3.05. The van der Waals surface area contributed by atoms with Crippen molar-refractivity contribution in [2.75, 3.05) is 43.4 Å². The molecule has 0 saturated heterocycles. The number of carboxylic acids is 1. The Morgan fingerprint density at radius 2 is 1.86 bits per heavy atom. The van der Waals surface area contributed by atoms with Crippen LogP contribution in [0.25, 0.3) is 11.3 Å². The lowest BCUT2D eigenvalue weighted by Gasteiger charge is -2.25. The predicted molar refractivity (Wildman–Crippen MR) is 169 cm³/mol. The molecule has 1 aliphatic heterocycles. The van der Waals surface area contributed by atoms with Crippen molar-refractivity contribution in [3.05, 3.63) is 96.2 Å². The largest absolute Gasteiger partial charge is 0.492 e. The van der Waals surface area contributed by atoms with E-state index in [1.165, 1.54) is 24.0 Å². The highest BCUT2D eigenvalue weighted by atomic mass is 19.1. The Hall–Kier alpha value is -4.57. The lowest BCUT2D eigenvalue weighted by Crippen LogP contribution is -2.37.